The van der Waals surface area contributed by atoms with Crippen molar-refractivity contribution in [1.29, 1.82) is 0 Å². The molecule has 1 unspecified atom stereocenters. The molecule has 0 spiro atoms. The second kappa shape index (κ2) is 9.01. The maximum Gasteiger partial charge on any atom is 0.226 e. The Labute approximate surface area is 128 Å². The van der Waals surface area contributed by atoms with E-state index >= 15 is 0 Å². The van der Waals surface area contributed by atoms with Gasteiger partial charge in [0.25, 0.3) is 0 Å². The molecule has 4 nitrogen and oxygen atoms in total. The molecule has 0 aliphatic carbocycles. The Kier molecular flexibility index (Phi) is 8.99. The minimum atomic E-state index is -0.0154. The van der Waals surface area contributed by atoms with Crippen LogP contribution in [0.3, 0.4) is 0 Å². The van der Waals surface area contributed by atoms with Gasteiger partial charge in [0.1, 0.15) is 0 Å². The fraction of sp³-hybridized carbons (Fsp3) is 0.923. The normalized spacial score (nSPS) is 22.5. The molecular formula is C13H27Cl2N3O. The molecule has 0 aromatic heterocycles. The molecule has 2 saturated heterocycles. The van der Waals surface area contributed by atoms with Crippen molar-refractivity contribution in [3.63, 3.8) is 0 Å². The van der Waals surface area contributed by atoms with Gasteiger partial charge in [-0.05, 0) is 38.8 Å². The first-order chi connectivity index (χ1) is 8.22. The van der Waals surface area contributed by atoms with Crippen LogP contribution in [0, 0.1) is 5.92 Å². The van der Waals surface area contributed by atoms with E-state index in [1.807, 2.05) is 11.8 Å². The summed E-state index contributed by atoms with van der Waals surface area (Å²) >= 11 is 0. The van der Waals surface area contributed by atoms with Crippen molar-refractivity contribution in [2.24, 2.45) is 11.7 Å². The van der Waals surface area contributed by atoms with Crippen molar-refractivity contribution in [3.8, 4) is 0 Å². The second-order valence-electron chi connectivity index (χ2n) is 5.44. The number of hydrogen-bond acceptors (Lipinski definition) is 3. The Morgan fingerprint density at radius 3 is 2.16 bits per heavy atom. The number of likely N-dealkylation sites (tertiary alicyclic amines) is 2. The topological polar surface area (TPSA) is 49.6 Å². The molecule has 6 heteroatoms. The molecule has 0 saturated carbocycles. The van der Waals surface area contributed by atoms with Crippen LogP contribution in [-0.4, -0.2) is 54.5 Å². The number of nitrogens with two attached hydrogens (primary N) is 1. The highest BCUT2D eigenvalue weighted by molar-refractivity contribution is 5.85. The SMILES string of the molecule is CC(CN)C(=O)N1CCC(N2CCCC2)CC1.Cl.Cl. The van der Waals surface area contributed by atoms with Gasteiger partial charge in [-0.3, -0.25) is 4.79 Å². The lowest BCUT2D eigenvalue weighted by molar-refractivity contribution is -0.136. The first-order valence-corrected chi connectivity index (χ1v) is 6.95. The van der Waals surface area contributed by atoms with Crippen LogP contribution in [-0.2, 0) is 4.79 Å². The van der Waals surface area contributed by atoms with Crippen molar-refractivity contribution >= 4 is 30.7 Å². The average Bonchev–Trinajstić information content (AvgIpc) is 2.91. The van der Waals surface area contributed by atoms with Crippen LogP contribution < -0.4 is 5.73 Å². The first kappa shape index (κ1) is 19.0. The van der Waals surface area contributed by atoms with Crippen LogP contribution in [0.25, 0.3) is 0 Å². The average molecular weight is 312 g/mol. The van der Waals surface area contributed by atoms with Crippen molar-refractivity contribution < 1.29 is 4.79 Å². The van der Waals surface area contributed by atoms with E-state index in [0.29, 0.717) is 6.54 Å². The van der Waals surface area contributed by atoms with E-state index in [1.165, 1.54) is 25.9 Å². The van der Waals surface area contributed by atoms with Crippen LogP contribution in [0.5, 0.6) is 0 Å². The third-order valence-electron chi connectivity index (χ3n) is 4.21. The summed E-state index contributed by atoms with van der Waals surface area (Å²) in [6.45, 7) is 6.75. The highest BCUT2D eigenvalue weighted by atomic mass is 35.5. The Morgan fingerprint density at radius 1 is 1.16 bits per heavy atom. The number of piperidine rings is 1. The summed E-state index contributed by atoms with van der Waals surface area (Å²) in [5.74, 6) is 0.228. The lowest BCUT2D eigenvalue weighted by Gasteiger charge is -2.37. The summed E-state index contributed by atoms with van der Waals surface area (Å²) in [6, 6.07) is 0.717. The van der Waals surface area contributed by atoms with Crippen LogP contribution in [0.1, 0.15) is 32.6 Å². The summed E-state index contributed by atoms with van der Waals surface area (Å²) in [5, 5.41) is 0. The van der Waals surface area contributed by atoms with Crippen LogP contribution >= 0.6 is 24.8 Å². The Hall–Kier alpha value is -0.0300. The standard InChI is InChI=1S/C13H25N3O.2ClH/c1-11(10-14)13(17)16-8-4-12(5-9-16)15-6-2-3-7-15;;/h11-12H,2-10,14H2,1H3;2*1H. The molecule has 19 heavy (non-hydrogen) atoms. The van der Waals surface area contributed by atoms with E-state index in [-0.39, 0.29) is 36.6 Å². The Bertz CT molecular complexity index is 265. The second-order valence-corrected chi connectivity index (χ2v) is 5.44. The van der Waals surface area contributed by atoms with Gasteiger partial charge in [-0.2, -0.15) is 0 Å². The smallest absolute Gasteiger partial charge is 0.226 e. The van der Waals surface area contributed by atoms with E-state index in [4.69, 9.17) is 5.73 Å². The molecule has 114 valence electrons. The van der Waals surface area contributed by atoms with Gasteiger partial charge in [0.15, 0.2) is 0 Å². The van der Waals surface area contributed by atoms with Crippen molar-refractivity contribution in [2.75, 3.05) is 32.7 Å². The fourth-order valence-corrected chi connectivity index (χ4v) is 2.97. The Morgan fingerprint density at radius 2 is 1.68 bits per heavy atom. The van der Waals surface area contributed by atoms with Gasteiger partial charge in [-0.25, -0.2) is 0 Å². The largest absolute Gasteiger partial charge is 0.342 e. The van der Waals surface area contributed by atoms with Gasteiger partial charge < -0.3 is 15.5 Å². The number of hydrogen-bond donors (Lipinski definition) is 1. The number of carbonyl (C=O) groups excluding carboxylic acids is 1. The summed E-state index contributed by atoms with van der Waals surface area (Å²) in [4.78, 5) is 16.6. The van der Waals surface area contributed by atoms with E-state index in [1.54, 1.807) is 0 Å². The highest BCUT2D eigenvalue weighted by Crippen LogP contribution is 2.21. The predicted octanol–water partition coefficient (Wildman–Crippen LogP) is 1.51. The summed E-state index contributed by atoms with van der Waals surface area (Å²) < 4.78 is 0. The maximum absolute atomic E-state index is 12.0. The van der Waals surface area contributed by atoms with E-state index < -0.39 is 0 Å². The van der Waals surface area contributed by atoms with Gasteiger partial charge in [0, 0.05) is 31.6 Å². The third kappa shape index (κ3) is 4.78. The zero-order valence-electron chi connectivity index (χ0n) is 11.7. The zero-order valence-corrected chi connectivity index (χ0v) is 13.3. The lowest BCUT2D eigenvalue weighted by Crippen LogP contribution is -2.48. The minimum Gasteiger partial charge on any atom is -0.342 e. The van der Waals surface area contributed by atoms with Crippen molar-refractivity contribution in [1.82, 2.24) is 9.80 Å². The van der Waals surface area contributed by atoms with Crippen molar-refractivity contribution in [2.45, 2.75) is 38.6 Å². The predicted molar refractivity (Wildman–Crippen MR) is 83.1 cm³/mol. The number of amides is 1. The third-order valence-corrected chi connectivity index (χ3v) is 4.21. The van der Waals surface area contributed by atoms with Gasteiger partial charge in [0.2, 0.25) is 5.91 Å². The quantitative estimate of drug-likeness (QED) is 0.859. The molecule has 2 aliphatic rings. The summed E-state index contributed by atoms with van der Waals surface area (Å²) in [7, 11) is 0. The summed E-state index contributed by atoms with van der Waals surface area (Å²) in [6.07, 6.45) is 4.98. The molecule has 0 aromatic carbocycles. The summed E-state index contributed by atoms with van der Waals surface area (Å²) in [5.41, 5.74) is 5.55. The molecule has 2 N–H and O–H groups in total. The fourth-order valence-electron chi connectivity index (χ4n) is 2.97. The van der Waals surface area contributed by atoms with Gasteiger partial charge in [-0.15, -0.1) is 24.8 Å². The molecular weight excluding hydrogens is 285 g/mol. The first-order valence-electron chi connectivity index (χ1n) is 6.95. The van der Waals surface area contributed by atoms with Crippen LogP contribution in [0.15, 0.2) is 0 Å². The number of carbonyl (C=O) groups is 1. The number of rotatable bonds is 3. The van der Waals surface area contributed by atoms with Gasteiger partial charge in [-0.1, -0.05) is 6.92 Å². The van der Waals surface area contributed by atoms with Crippen LogP contribution in [0.2, 0.25) is 0 Å². The molecule has 2 fully saturated rings. The van der Waals surface area contributed by atoms with Crippen LogP contribution in [0.4, 0.5) is 0 Å². The maximum atomic E-state index is 12.0. The molecule has 2 heterocycles. The van der Waals surface area contributed by atoms with E-state index in [9.17, 15) is 4.79 Å². The Balaban J connectivity index is 0.00000162. The zero-order chi connectivity index (χ0) is 12.3. The van der Waals surface area contributed by atoms with E-state index in [2.05, 4.69) is 4.90 Å². The van der Waals surface area contributed by atoms with Gasteiger partial charge in [0.05, 0.1) is 0 Å². The minimum absolute atomic E-state index is 0. The molecule has 0 radical (unpaired) electrons. The molecule has 2 aliphatic heterocycles. The number of nitrogens with zero attached hydrogens (tertiary/aromatic N) is 2. The molecule has 0 bridgehead atoms. The monoisotopic (exact) mass is 311 g/mol. The van der Waals surface area contributed by atoms with E-state index in [0.717, 1.165) is 32.0 Å². The molecule has 2 rings (SSSR count). The molecule has 0 aromatic rings. The number of halogens is 2. The highest BCUT2D eigenvalue weighted by Gasteiger charge is 2.29. The van der Waals surface area contributed by atoms with Gasteiger partial charge >= 0.3 is 0 Å². The molecule has 1 atom stereocenters. The lowest BCUT2D eigenvalue weighted by atomic mass is 10.0. The van der Waals surface area contributed by atoms with Crippen molar-refractivity contribution in [3.05, 3.63) is 0 Å². The molecule has 1 amide bonds.